The molecule has 0 radical (unpaired) electrons. The van der Waals surface area contributed by atoms with Gasteiger partial charge in [0.1, 0.15) is 5.82 Å². The van der Waals surface area contributed by atoms with Crippen molar-refractivity contribution in [3.05, 3.63) is 100 Å². The fraction of sp³-hybridized carbons (Fsp3) is 0.192. The third-order valence-electron chi connectivity index (χ3n) is 4.96. The Morgan fingerprint density at radius 2 is 1.55 bits per heavy atom. The number of hydrogen-bond donors (Lipinski definition) is 1. The molecule has 1 amide bonds. The summed E-state index contributed by atoms with van der Waals surface area (Å²) in [6.07, 6.45) is 0.321. The fourth-order valence-corrected chi connectivity index (χ4v) is 3.43. The summed E-state index contributed by atoms with van der Waals surface area (Å²) in [4.78, 5) is 29.8. The van der Waals surface area contributed by atoms with Crippen LogP contribution >= 0.6 is 0 Å². The summed E-state index contributed by atoms with van der Waals surface area (Å²) in [7, 11) is 0. The van der Waals surface area contributed by atoms with Crippen LogP contribution in [-0.4, -0.2) is 15.5 Å². The summed E-state index contributed by atoms with van der Waals surface area (Å²) in [5, 5.41) is 3.49. The van der Waals surface area contributed by atoms with E-state index in [1.807, 2.05) is 82.3 Å². The zero-order chi connectivity index (χ0) is 22.4. The van der Waals surface area contributed by atoms with E-state index in [4.69, 9.17) is 0 Å². The molecule has 0 aliphatic rings. The number of carbonyl (C=O) groups is 1. The van der Waals surface area contributed by atoms with Gasteiger partial charge >= 0.3 is 0 Å². The molecule has 1 aromatic heterocycles. The molecular formula is C26H27N3O2. The van der Waals surface area contributed by atoms with Crippen molar-refractivity contribution in [3.63, 3.8) is 0 Å². The number of benzene rings is 3. The lowest BCUT2D eigenvalue weighted by Crippen LogP contribution is -2.22. The number of aromatic nitrogens is 2. The third kappa shape index (κ3) is 4.89. The Balaban J connectivity index is 0.00000132. The van der Waals surface area contributed by atoms with Crippen LogP contribution in [0.2, 0.25) is 0 Å². The molecular weight excluding hydrogens is 386 g/mol. The first-order chi connectivity index (χ1) is 15.0. The van der Waals surface area contributed by atoms with Crippen LogP contribution in [0.5, 0.6) is 0 Å². The van der Waals surface area contributed by atoms with Crippen LogP contribution in [-0.2, 0) is 11.2 Å². The van der Waals surface area contributed by atoms with Gasteiger partial charge in [0.15, 0.2) is 0 Å². The maximum Gasteiger partial charge on any atom is 0.265 e. The molecule has 1 heterocycles. The number of hydrogen-bond acceptors (Lipinski definition) is 3. The number of para-hydroxylation sites is 1. The van der Waals surface area contributed by atoms with E-state index in [-0.39, 0.29) is 11.5 Å². The predicted octanol–water partition coefficient (Wildman–Crippen LogP) is 5.21. The van der Waals surface area contributed by atoms with E-state index in [1.165, 1.54) is 0 Å². The molecule has 0 fully saturated rings. The van der Waals surface area contributed by atoms with Crippen LogP contribution in [0.4, 0.5) is 5.69 Å². The highest BCUT2D eigenvalue weighted by Gasteiger charge is 2.10. The SMILES string of the molecule is CC.Cc1ccccc1CC(=O)Nc1ccc(-n2c(C)nc3ccccc3c2=O)cc1. The molecule has 1 N–H and O–H groups in total. The fourth-order valence-electron chi connectivity index (χ4n) is 3.43. The predicted molar refractivity (Wildman–Crippen MR) is 127 cm³/mol. The van der Waals surface area contributed by atoms with Gasteiger partial charge in [-0.05, 0) is 61.4 Å². The topological polar surface area (TPSA) is 64.0 Å². The number of amides is 1. The molecule has 5 nitrogen and oxygen atoms in total. The summed E-state index contributed by atoms with van der Waals surface area (Å²) >= 11 is 0. The van der Waals surface area contributed by atoms with Crippen molar-refractivity contribution in [2.24, 2.45) is 0 Å². The highest BCUT2D eigenvalue weighted by molar-refractivity contribution is 5.92. The van der Waals surface area contributed by atoms with E-state index < -0.39 is 0 Å². The van der Waals surface area contributed by atoms with E-state index in [9.17, 15) is 9.59 Å². The van der Waals surface area contributed by atoms with Gasteiger partial charge in [-0.15, -0.1) is 0 Å². The Morgan fingerprint density at radius 3 is 2.26 bits per heavy atom. The first-order valence-corrected chi connectivity index (χ1v) is 10.5. The Labute approximate surface area is 182 Å². The van der Waals surface area contributed by atoms with Crippen LogP contribution < -0.4 is 10.9 Å². The van der Waals surface area contributed by atoms with Gasteiger partial charge in [0.2, 0.25) is 5.91 Å². The quantitative estimate of drug-likeness (QED) is 0.499. The summed E-state index contributed by atoms with van der Waals surface area (Å²) in [5.74, 6) is 0.540. The number of rotatable bonds is 4. The van der Waals surface area contributed by atoms with Gasteiger partial charge in [-0.3, -0.25) is 14.2 Å². The summed E-state index contributed by atoms with van der Waals surface area (Å²) < 4.78 is 1.58. The maximum atomic E-state index is 12.9. The monoisotopic (exact) mass is 413 g/mol. The van der Waals surface area contributed by atoms with Crippen LogP contribution in [0.25, 0.3) is 16.6 Å². The Hall–Kier alpha value is -3.73. The second-order valence-corrected chi connectivity index (χ2v) is 7.02. The molecule has 31 heavy (non-hydrogen) atoms. The molecule has 0 unspecified atom stereocenters. The molecule has 0 saturated heterocycles. The average molecular weight is 414 g/mol. The minimum absolute atomic E-state index is 0.0761. The van der Waals surface area contributed by atoms with Gasteiger partial charge in [0.05, 0.1) is 23.0 Å². The van der Waals surface area contributed by atoms with Gasteiger partial charge in [-0.2, -0.15) is 0 Å². The van der Waals surface area contributed by atoms with Gasteiger partial charge in [0, 0.05) is 5.69 Å². The number of anilines is 1. The van der Waals surface area contributed by atoms with Crippen molar-refractivity contribution in [1.82, 2.24) is 9.55 Å². The van der Waals surface area contributed by atoms with E-state index in [0.29, 0.717) is 34.5 Å². The van der Waals surface area contributed by atoms with Crippen LogP contribution in [0.1, 0.15) is 30.8 Å². The zero-order valence-corrected chi connectivity index (χ0v) is 18.3. The minimum atomic E-state index is -0.107. The lowest BCUT2D eigenvalue weighted by molar-refractivity contribution is -0.115. The maximum absolute atomic E-state index is 12.9. The molecule has 158 valence electrons. The molecule has 0 spiro atoms. The van der Waals surface area contributed by atoms with Crippen molar-refractivity contribution >= 4 is 22.5 Å². The number of aryl methyl sites for hydroxylation is 2. The van der Waals surface area contributed by atoms with Gasteiger partial charge in [-0.25, -0.2) is 4.98 Å². The summed E-state index contributed by atoms with van der Waals surface area (Å²) in [6, 6.07) is 22.4. The normalized spacial score (nSPS) is 10.3. The molecule has 5 heteroatoms. The van der Waals surface area contributed by atoms with Gasteiger partial charge < -0.3 is 5.32 Å². The zero-order valence-electron chi connectivity index (χ0n) is 18.3. The molecule has 0 aliphatic carbocycles. The molecule has 4 aromatic rings. The molecule has 0 atom stereocenters. The highest BCUT2D eigenvalue weighted by Crippen LogP contribution is 2.16. The van der Waals surface area contributed by atoms with E-state index in [1.54, 1.807) is 22.8 Å². The van der Waals surface area contributed by atoms with Crippen molar-refractivity contribution in [3.8, 4) is 5.69 Å². The van der Waals surface area contributed by atoms with Crippen molar-refractivity contribution < 1.29 is 4.79 Å². The lowest BCUT2D eigenvalue weighted by atomic mass is 10.1. The second kappa shape index (κ2) is 9.85. The van der Waals surface area contributed by atoms with Crippen molar-refractivity contribution in [2.45, 2.75) is 34.1 Å². The summed E-state index contributed by atoms with van der Waals surface area (Å²) in [6.45, 7) is 7.81. The van der Waals surface area contributed by atoms with Gasteiger partial charge in [0.25, 0.3) is 5.56 Å². The number of carbonyl (C=O) groups excluding carboxylic acids is 1. The molecule has 0 bridgehead atoms. The highest BCUT2D eigenvalue weighted by atomic mass is 16.1. The number of nitrogens with zero attached hydrogens (tertiary/aromatic N) is 2. The molecule has 3 aromatic carbocycles. The smallest absolute Gasteiger partial charge is 0.265 e. The minimum Gasteiger partial charge on any atom is -0.326 e. The van der Waals surface area contributed by atoms with Crippen LogP contribution in [0, 0.1) is 13.8 Å². The first-order valence-electron chi connectivity index (χ1n) is 10.5. The van der Waals surface area contributed by atoms with Gasteiger partial charge in [-0.1, -0.05) is 50.2 Å². The Bertz CT molecular complexity index is 1260. The molecule has 0 saturated carbocycles. The van der Waals surface area contributed by atoms with E-state index in [0.717, 1.165) is 11.1 Å². The summed E-state index contributed by atoms with van der Waals surface area (Å²) in [5.41, 5.74) is 4.08. The first kappa shape index (κ1) is 22.0. The van der Waals surface area contributed by atoms with Crippen LogP contribution in [0.3, 0.4) is 0 Å². The number of fused-ring (bicyclic) bond motifs is 1. The molecule has 4 rings (SSSR count). The largest absolute Gasteiger partial charge is 0.326 e. The standard InChI is InChI=1S/C24H21N3O2.C2H6/c1-16-7-3-4-8-18(16)15-23(28)26-19-11-13-20(14-12-19)27-17(2)25-22-10-6-5-9-21(22)24(27)29;1-2/h3-14H,15H2,1-2H3,(H,26,28);1-2H3. The van der Waals surface area contributed by atoms with E-state index in [2.05, 4.69) is 10.3 Å². The third-order valence-corrected chi connectivity index (χ3v) is 4.96. The van der Waals surface area contributed by atoms with E-state index >= 15 is 0 Å². The molecule has 0 aliphatic heterocycles. The average Bonchev–Trinajstić information content (AvgIpc) is 2.78. The number of nitrogens with one attached hydrogen (secondary N) is 1. The Kier molecular flexibility index (Phi) is 6.98. The Morgan fingerprint density at radius 1 is 0.903 bits per heavy atom. The van der Waals surface area contributed by atoms with Crippen LogP contribution in [0.15, 0.2) is 77.6 Å². The lowest BCUT2D eigenvalue weighted by Gasteiger charge is -2.12. The van der Waals surface area contributed by atoms with Crippen molar-refractivity contribution in [2.75, 3.05) is 5.32 Å². The second-order valence-electron chi connectivity index (χ2n) is 7.02. The van der Waals surface area contributed by atoms with Crippen molar-refractivity contribution in [1.29, 1.82) is 0 Å².